The molecule has 1 amide bonds. The van der Waals surface area contributed by atoms with Gasteiger partial charge in [-0.15, -0.1) is 0 Å². The molecule has 0 aliphatic rings. The van der Waals surface area contributed by atoms with E-state index < -0.39 is 20.0 Å². The zero-order valence-electron chi connectivity index (χ0n) is 17.7. The SMILES string of the molecule is CC(C)(C)[Si](C)(C)OCc1ccc(-c2cc3c(Cl)c(C(N)=O)cnc3cc2F)cn1. The second-order valence-electron chi connectivity index (χ2n) is 8.79. The van der Waals surface area contributed by atoms with Gasteiger partial charge in [0.05, 0.1) is 28.4 Å². The zero-order chi connectivity index (χ0) is 22.3. The van der Waals surface area contributed by atoms with E-state index in [1.54, 1.807) is 18.3 Å². The first-order valence-electron chi connectivity index (χ1n) is 9.57. The molecule has 2 N–H and O–H groups in total. The average Bonchev–Trinajstić information content (AvgIpc) is 2.65. The fourth-order valence-corrected chi connectivity index (χ4v) is 3.95. The predicted octanol–water partition coefficient (Wildman–Crippen LogP) is 5.71. The number of pyridine rings is 2. The standard InChI is InChI=1S/C22H25ClFN3O2Si/c1-22(2,3)30(4,5)29-12-14-7-6-13(10-26-14)15-8-16-19(9-18(15)24)27-11-17(20(16)23)21(25)28/h6-11H,12H2,1-5H3,(H2,25,28). The van der Waals surface area contributed by atoms with Gasteiger partial charge in [0.2, 0.25) is 0 Å². The van der Waals surface area contributed by atoms with E-state index in [1.807, 2.05) is 6.07 Å². The summed E-state index contributed by atoms with van der Waals surface area (Å²) in [5.74, 6) is -1.14. The minimum Gasteiger partial charge on any atom is -0.411 e. The van der Waals surface area contributed by atoms with Crippen molar-refractivity contribution >= 4 is 36.7 Å². The van der Waals surface area contributed by atoms with E-state index in [2.05, 4.69) is 43.8 Å². The monoisotopic (exact) mass is 445 g/mol. The second kappa shape index (κ2) is 8.06. The molecule has 2 heterocycles. The highest BCUT2D eigenvalue weighted by Gasteiger charge is 2.37. The van der Waals surface area contributed by atoms with Crippen LogP contribution in [0.2, 0.25) is 23.2 Å². The molecule has 0 unspecified atom stereocenters. The number of carbonyl (C=O) groups excluding carboxylic acids is 1. The number of halogens is 2. The van der Waals surface area contributed by atoms with Crippen LogP contribution in [0.1, 0.15) is 36.8 Å². The zero-order valence-corrected chi connectivity index (χ0v) is 19.5. The maximum Gasteiger partial charge on any atom is 0.251 e. The Morgan fingerprint density at radius 1 is 1.20 bits per heavy atom. The summed E-state index contributed by atoms with van der Waals surface area (Å²) in [5, 5.41) is 0.717. The number of nitrogens with zero attached hydrogens (tertiary/aromatic N) is 2. The molecule has 8 heteroatoms. The molecule has 1 aromatic carbocycles. The van der Waals surface area contributed by atoms with Crippen molar-refractivity contribution < 1.29 is 13.6 Å². The number of fused-ring (bicyclic) bond motifs is 1. The number of hydrogen-bond donors (Lipinski definition) is 1. The molecule has 0 fully saturated rings. The van der Waals surface area contributed by atoms with Crippen molar-refractivity contribution in [3.8, 4) is 11.1 Å². The van der Waals surface area contributed by atoms with Gasteiger partial charge in [-0.1, -0.05) is 38.4 Å². The molecular weight excluding hydrogens is 421 g/mol. The van der Waals surface area contributed by atoms with E-state index in [1.165, 1.54) is 12.3 Å². The Morgan fingerprint density at radius 2 is 1.90 bits per heavy atom. The number of benzene rings is 1. The Kier molecular flexibility index (Phi) is 6.00. The number of primary amides is 1. The smallest absolute Gasteiger partial charge is 0.251 e. The van der Waals surface area contributed by atoms with Crippen molar-refractivity contribution in [2.24, 2.45) is 5.73 Å². The molecule has 3 aromatic rings. The van der Waals surface area contributed by atoms with E-state index in [-0.39, 0.29) is 15.6 Å². The van der Waals surface area contributed by atoms with Gasteiger partial charge in [-0.2, -0.15) is 0 Å². The lowest BCUT2D eigenvalue weighted by Crippen LogP contribution is -2.40. The van der Waals surface area contributed by atoms with Crippen LogP contribution in [-0.4, -0.2) is 24.2 Å². The molecule has 0 spiro atoms. The quantitative estimate of drug-likeness (QED) is 0.510. The summed E-state index contributed by atoms with van der Waals surface area (Å²) in [7, 11) is -1.89. The van der Waals surface area contributed by atoms with Crippen molar-refractivity contribution in [3.63, 3.8) is 0 Å². The first-order chi connectivity index (χ1) is 13.9. The Balaban J connectivity index is 1.91. The minimum atomic E-state index is -1.89. The molecule has 0 saturated heterocycles. The molecule has 0 radical (unpaired) electrons. The molecule has 158 valence electrons. The highest BCUT2D eigenvalue weighted by molar-refractivity contribution is 6.74. The van der Waals surface area contributed by atoms with E-state index in [0.29, 0.717) is 28.6 Å². The van der Waals surface area contributed by atoms with Gasteiger partial charge in [-0.25, -0.2) is 4.39 Å². The lowest BCUT2D eigenvalue weighted by molar-refractivity contribution is 0.1000. The molecule has 2 aromatic heterocycles. The maximum absolute atomic E-state index is 14.7. The second-order valence-corrected chi connectivity index (χ2v) is 14.0. The minimum absolute atomic E-state index is 0.0953. The summed E-state index contributed by atoms with van der Waals surface area (Å²) in [5.41, 5.74) is 7.46. The number of rotatable bonds is 5. The predicted molar refractivity (Wildman–Crippen MR) is 120 cm³/mol. The lowest BCUT2D eigenvalue weighted by Gasteiger charge is -2.36. The normalized spacial score (nSPS) is 12.4. The summed E-state index contributed by atoms with van der Waals surface area (Å²) >= 11 is 6.30. The fourth-order valence-electron chi connectivity index (χ4n) is 2.71. The largest absolute Gasteiger partial charge is 0.411 e. The number of nitrogens with two attached hydrogens (primary N) is 1. The van der Waals surface area contributed by atoms with Gasteiger partial charge in [-0.05, 0) is 30.3 Å². The number of amides is 1. The molecule has 0 aliphatic carbocycles. The molecule has 3 rings (SSSR count). The molecule has 0 atom stereocenters. The third-order valence-electron chi connectivity index (χ3n) is 5.68. The summed E-state index contributed by atoms with van der Waals surface area (Å²) in [6.45, 7) is 11.3. The fraction of sp³-hybridized carbons (Fsp3) is 0.318. The van der Waals surface area contributed by atoms with Crippen LogP contribution in [0.3, 0.4) is 0 Å². The molecular formula is C22H25ClFN3O2Si. The van der Waals surface area contributed by atoms with Gasteiger partial charge in [0.15, 0.2) is 8.32 Å². The highest BCUT2D eigenvalue weighted by atomic mass is 35.5. The van der Waals surface area contributed by atoms with Crippen LogP contribution < -0.4 is 5.73 Å². The van der Waals surface area contributed by atoms with Gasteiger partial charge in [-0.3, -0.25) is 14.8 Å². The van der Waals surface area contributed by atoms with Gasteiger partial charge < -0.3 is 10.2 Å². The summed E-state index contributed by atoms with van der Waals surface area (Å²) < 4.78 is 20.9. The number of carbonyl (C=O) groups is 1. The van der Waals surface area contributed by atoms with E-state index in [4.69, 9.17) is 21.8 Å². The summed E-state index contributed by atoms with van der Waals surface area (Å²) in [6, 6.07) is 6.47. The van der Waals surface area contributed by atoms with E-state index >= 15 is 0 Å². The van der Waals surface area contributed by atoms with Crippen molar-refractivity contribution in [3.05, 3.63) is 58.8 Å². The lowest BCUT2D eigenvalue weighted by atomic mass is 10.0. The van der Waals surface area contributed by atoms with Crippen molar-refractivity contribution in [2.75, 3.05) is 0 Å². The Labute approximate surface area is 181 Å². The summed E-state index contributed by atoms with van der Waals surface area (Å²) in [4.78, 5) is 20.0. The molecule has 0 saturated carbocycles. The van der Waals surface area contributed by atoms with Crippen LogP contribution >= 0.6 is 11.6 Å². The van der Waals surface area contributed by atoms with E-state index in [9.17, 15) is 9.18 Å². The molecule has 0 aliphatic heterocycles. The summed E-state index contributed by atoms with van der Waals surface area (Å²) in [6.07, 6.45) is 2.86. The van der Waals surface area contributed by atoms with Gasteiger partial charge in [0, 0.05) is 35.0 Å². The average molecular weight is 446 g/mol. The highest BCUT2D eigenvalue weighted by Crippen LogP contribution is 2.37. The van der Waals surface area contributed by atoms with Crippen LogP contribution in [0.15, 0.2) is 36.7 Å². The third-order valence-corrected chi connectivity index (χ3v) is 10.6. The maximum atomic E-state index is 14.7. The van der Waals surface area contributed by atoms with Crippen LogP contribution in [0.25, 0.3) is 22.0 Å². The Bertz CT molecular complexity index is 1110. The first kappa shape index (κ1) is 22.3. The topological polar surface area (TPSA) is 78.1 Å². The van der Waals surface area contributed by atoms with Gasteiger partial charge in [0.1, 0.15) is 5.82 Å². The third kappa shape index (κ3) is 4.38. The van der Waals surface area contributed by atoms with Crippen LogP contribution in [0.4, 0.5) is 4.39 Å². The van der Waals surface area contributed by atoms with Crippen molar-refractivity contribution in [1.82, 2.24) is 9.97 Å². The van der Waals surface area contributed by atoms with Crippen molar-refractivity contribution in [2.45, 2.75) is 45.5 Å². The van der Waals surface area contributed by atoms with Crippen LogP contribution in [0, 0.1) is 5.82 Å². The van der Waals surface area contributed by atoms with Crippen LogP contribution in [-0.2, 0) is 11.0 Å². The molecule has 0 bridgehead atoms. The Morgan fingerprint density at radius 3 is 2.47 bits per heavy atom. The van der Waals surface area contributed by atoms with Crippen molar-refractivity contribution in [1.29, 1.82) is 0 Å². The Hall–Kier alpha value is -2.35. The number of hydrogen-bond acceptors (Lipinski definition) is 4. The van der Waals surface area contributed by atoms with Crippen LogP contribution in [0.5, 0.6) is 0 Å². The van der Waals surface area contributed by atoms with Gasteiger partial charge >= 0.3 is 0 Å². The van der Waals surface area contributed by atoms with Gasteiger partial charge in [0.25, 0.3) is 5.91 Å². The molecule has 5 nitrogen and oxygen atoms in total. The first-order valence-corrected chi connectivity index (χ1v) is 12.9. The van der Waals surface area contributed by atoms with E-state index in [0.717, 1.165) is 5.69 Å². The number of aromatic nitrogens is 2. The molecule has 30 heavy (non-hydrogen) atoms.